The van der Waals surface area contributed by atoms with Crippen molar-refractivity contribution < 1.29 is 9.90 Å². The van der Waals surface area contributed by atoms with Crippen LogP contribution in [0.15, 0.2) is 12.1 Å². The number of aromatic carboxylic acids is 1. The number of carboxylic acids is 1. The van der Waals surface area contributed by atoms with E-state index in [-0.39, 0.29) is 10.6 Å². The molecule has 2 N–H and O–H groups in total. The number of halogens is 1. The molecule has 0 bridgehead atoms. The standard InChI is InChI=1S/C9H4ClNO2/c10-7-4-8-5(1-2-11-8)3-6(7)9(12)13/h1,3-4,11H/p+1. The summed E-state index contributed by atoms with van der Waals surface area (Å²) in [5.74, 6) is -1.02. The van der Waals surface area contributed by atoms with Crippen LogP contribution >= 0.6 is 11.6 Å². The van der Waals surface area contributed by atoms with Gasteiger partial charge in [0.15, 0.2) is 11.3 Å². The Morgan fingerprint density at radius 2 is 2.31 bits per heavy atom. The first-order valence-corrected chi connectivity index (χ1v) is 3.98. The van der Waals surface area contributed by atoms with Gasteiger partial charge in [-0.2, -0.15) is 5.32 Å². The van der Waals surface area contributed by atoms with E-state index in [2.05, 4.69) is 11.5 Å². The molecule has 64 valence electrons. The topological polar surface area (TPSA) is 49.3 Å². The molecule has 0 fully saturated rings. The Labute approximate surface area is 79.6 Å². The van der Waals surface area contributed by atoms with Gasteiger partial charge in [-0.25, -0.2) is 4.79 Å². The van der Waals surface area contributed by atoms with Crippen molar-refractivity contribution in [2.45, 2.75) is 0 Å². The second-order valence-electron chi connectivity index (χ2n) is 2.64. The number of rotatable bonds is 1. The number of anilines is 1. The molecule has 1 aliphatic heterocycles. The van der Waals surface area contributed by atoms with Crippen LogP contribution in [0.25, 0.3) is 6.08 Å². The summed E-state index contributed by atoms with van der Waals surface area (Å²) in [4.78, 5) is 10.7. The van der Waals surface area contributed by atoms with Gasteiger partial charge >= 0.3 is 5.97 Å². The minimum absolute atomic E-state index is 0.113. The fourth-order valence-electron chi connectivity index (χ4n) is 1.17. The first kappa shape index (κ1) is 8.05. The average Bonchev–Trinajstić information content (AvgIpc) is 2.48. The second-order valence-corrected chi connectivity index (χ2v) is 3.05. The summed E-state index contributed by atoms with van der Waals surface area (Å²) in [5.41, 5.74) is 1.69. The van der Waals surface area contributed by atoms with E-state index in [1.807, 2.05) is 0 Å². The first-order chi connectivity index (χ1) is 6.18. The van der Waals surface area contributed by atoms with Crippen LogP contribution in [0.4, 0.5) is 5.69 Å². The van der Waals surface area contributed by atoms with Crippen molar-refractivity contribution in [1.29, 1.82) is 0 Å². The molecular formula is C9H5ClNO2+. The minimum Gasteiger partial charge on any atom is -0.478 e. The summed E-state index contributed by atoms with van der Waals surface area (Å²) >= 11 is 5.74. The van der Waals surface area contributed by atoms with Gasteiger partial charge in [0, 0.05) is 6.07 Å². The Bertz CT molecular complexity index is 412. The first-order valence-electron chi connectivity index (χ1n) is 3.60. The molecule has 0 amide bonds. The summed E-state index contributed by atoms with van der Waals surface area (Å²) in [7, 11) is 0. The third-order valence-electron chi connectivity index (χ3n) is 1.80. The second kappa shape index (κ2) is 2.73. The highest BCUT2D eigenvalue weighted by molar-refractivity contribution is 6.34. The summed E-state index contributed by atoms with van der Waals surface area (Å²) in [6.07, 6.45) is 4.43. The minimum atomic E-state index is -1.02. The highest BCUT2D eigenvalue weighted by Crippen LogP contribution is 2.29. The molecule has 1 heterocycles. The molecule has 0 radical (unpaired) electrons. The van der Waals surface area contributed by atoms with Crippen LogP contribution in [-0.2, 0) is 0 Å². The number of carboxylic acid groups (broad SMARTS) is 1. The molecule has 0 atom stereocenters. The van der Waals surface area contributed by atoms with Crippen molar-refractivity contribution in [3.63, 3.8) is 0 Å². The molecule has 0 saturated carbocycles. The number of hydrogen-bond donors (Lipinski definition) is 2. The Morgan fingerprint density at radius 1 is 1.54 bits per heavy atom. The van der Waals surface area contributed by atoms with E-state index in [0.717, 1.165) is 11.3 Å². The third-order valence-corrected chi connectivity index (χ3v) is 2.12. The quantitative estimate of drug-likeness (QED) is 0.674. The summed E-state index contributed by atoms with van der Waals surface area (Å²) < 4.78 is 0. The van der Waals surface area contributed by atoms with Crippen LogP contribution in [0, 0.1) is 6.20 Å². The third kappa shape index (κ3) is 1.24. The van der Waals surface area contributed by atoms with Gasteiger partial charge in [-0.3, -0.25) is 0 Å². The fourth-order valence-corrected chi connectivity index (χ4v) is 1.42. The zero-order chi connectivity index (χ0) is 9.42. The number of nitrogens with one attached hydrogen (secondary N) is 1. The van der Waals surface area contributed by atoms with Gasteiger partial charge in [0.05, 0.1) is 16.7 Å². The Balaban J connectivity index is 2.60. The van der Waals surface area contributed by atoms with Crippen molar-refractivity contribution in [1.82, 2.24) is 0 Å². The number of benzene rings is 1. The molecule has 1 aromatic rings. The van der Waals surface area contributed by atoms with Crippen LogP contribution in [-0.4, -0.2) is 11.1 Å². The Hall–Kier alpha value is -1.57. The molecule has 0 spiro atoms. The largest absolute Gasteiger partial charge is 0.478 e. The molecular weight excluding hydrogens is 190 g/mol. The van der Waals surface area contributed by atoms with Gasteiger partial charge in [0.1, 0.15) is 12.3 Å². The van der Waals surface area contributed by atoms with Gasteiger partial charge in [-0.15, -0.1) is 0 Å². The molecule has 13 heavy (non-hydrogen) atoms. The van der Waals surface area contributed by atoms with Gasteiger partial charge in [-0.05, 0) is 0 Å². The predicted molar refractivity (Wildman–Crippen MR) is 49.7 cm³/mol. The molecule has 1 aliphatic rings. The van der Waals surface area contributed by atoms with E-state index in [1.54, 1.807) is 12.1 Å². The van der Waals surface area contributed by atoms with Gasteiger partial charge < -0.3 is 5.11 Å². The molecule has 1 aromatic carbocycles. The zero-order valence-corrected chi connectivity index (χ0v) is 7.22. The smallest absolute Gasteiger partial charge is 0.338 e. The van der Waals surface area contributed by atoms with Crippen molar-refractivity contribution in [3.05, 3.63) is 34.5 Å². The lowest BCUT2D eigenvalue weighted by atomic mass is 10.1. The maximum atomic E-state index is 10.7. The van der Waals surface area contributed by atoms with E-state index in [9.17, 15) is 4.79 Å². The zero-order valence-electron chi connectivity index (χ0n) is 6.47. The van der Waals surface area contributed by atoms with Gasteiger partial charge in [0.2, 0.25) is 0 Å². The maximum absolute atomic E-state index is 10.7. The lowest BCUT2D eigenvalue weighted by molar-refractivity contribution is 0.0697. The molecule has 0 aromatic heterocycles. The number of hydrogen-bond acceptors (Lipinski definition) is 2. The summed E-state index contributed by atoms with van der Waals surface area (Å²) in [6.45, 7) is 0. The molecule has 4 heteroatoms. The monoisotopic (exact) mass is 194 g/mol. The van der Waals surface area contributed by atoms with Crippen LogP contribution in [0.1, 0.15) is 15.9 Å². The average molecular weight is 195 g/mol. The fraction of sp³-hybridized carbons (Fsp3) is 0. The van der Waals surface area contributed by atoms with Crippen molar-refractivity contribution in [3.8, 4) is 0 Å². The van der Waals surface area contributed by atoms with Crippen LogP contribution in [0.5, 0.6) is 0 Å². The lowest BCUT2D eigenvalue weighted by Crippen LogP contribution is -1.98. The normalized spacial score (nSPS) is 11.8. The van der Waals surface area contributed by atoms with Gasteiger partial charge in [0.25, 0.3) is 0 Å². The van der Waals surface area contributed by atoms with E-state index in [0.29, 0.717) is 0 Å². The molecule has 0 saturated heterocycles. The molecule has 0 aliphatic carbocycles. The lowest BCUT2D eigenvalue weighted by Gasteiger charge is -1.96. The predicted octanol–water partition coefficient (Wildman–Crippen LogP) is 2.24. The van der Waals surface area contributed by atoms with Crippen LogP contribution in [0.2, 0.25) is 5.02 Å². The van der Waals surface area contributed by atoms with E-state index in [4.69, 9.17) is 16.7 Å². The SMILES string of the molecule is O=C(O)c1cc2c(cc1Cl)N[C+]=C2. The summed E-state index contributed by atoms with van der Waals surface area (Å²) in [6, 6.07) is 3.10. The van der Waals surface area contributed by atoms with E-state index < -0.39 is 5.97 Å². The molecule has 2 rings (SSSR count). The van der Waals surface area contributed by atoms with E-state index >= 15 is 0 Å². The Kier molecular flexibility index (Phi) is 1.69. The Morgan fingerprint density at radius 3 is 3.00 bits per heavy atom. The van der Waals surface area contributed by atoms with E-state index in [1.165, 1.54) is 6.07 Å². The maximum Gasteiger partial charge on any atom is 0.338 e. The highest BCUT2D eigenvalue weighted by Gasteiger charge is 2.21. The summed E-state index contributed by atoms with van der Waals surface area (Å²) in [5, 5.41) is 11.8. The highest BCUT2D eigenvalue weighted by atomic mass is 35.5. The van der Waals surface area contributed by atoms with Crippen LogP contribution < -0.4 is 5.32 Å². The van der Waals surface area contributed by atoms with Crippen molar-refractivity contribution in [2.24, 2.45) is 0 Å². The van der Waals surface area contributed by atoms with Crippen molar-refractivity contribution in [2.75, 3.05) is 5.32 Å². The van der Waals surface area contributed by atoms with Gasteiger partial charge in [-0.1, -0.05) is 11.6 Å². The molecule has 0 unspecified atom stereocenters. The van der Waals surface area contributed by atoms with Crippen LogP contribution in [0.3, 0.4) is 0 Å². The van der Waals surface area contributed by atoms with Crippen molar-refractivity contribution >= 4 is 29.3 Å². The number of carbonyl (C=O) groups is 1. The number of fused-ring (bicyclic) bond motifs is 1. The molecule has 3 nitrogen and oxygen atoms in total.